The quantitative estimate of drug-likeness (QED) is 0.798. The molecule has 0 unspecified atom stereocenters. The summed E-state index contributed by atoms with van der Waals surface area (Å²) in [7, 11) is 0. The van der Waals surface area contributed by atoms with Gasteiger partial charge in [0.1, 0.15) is 12.4 Å². The van der Waals surface area contributed by atoms with Crippen molar-refractivity contribution in [1.82, 2.24) is 0 Å². The summed E-state index contributed by atoms with van der Waals surface area (Å²) in [6.07, 6.45) is 0. The van der Waals surface area contributed by atoms with E-state index in [1.807, 2.05) is 37.3 Å². The van der Waals surface area contributed by atoms with Gasteiger partial charge in [0, 0.05) is 6.07 Å². The van der Waals surface area contributed by atoms with Gasteiger partial charge in [-0.2, -0.15) is 0 Å². The van der Waals surface area contributed by atoms with E-state index < -0.39 is 0 Å². The lowest BCUT2D eigenvalue weighted by Crippen LogP contribution is -1.99. The van der Waals surface area contributed by atoms with Crippen molar-refractivity contribution in [2.75, 3.05) is 6.61 Å². The molecule has 0 heterocycles. The van der Waals surface area contributed by atoms with Crippen LogP contribution in [0, 0.1) is 5.82 Å². The van der Waals surface area contributed by atoms with Crippen LogP contribution in [0.1, 0.15) is 12.5 Å². The second kappa shape index (κ2) is 6.05. The van der Waals surface area contributed by atoms with E-state index in [0.29, 0.717) is 24.7 Å². The molecule has 0 amide bonds. The maximum atomic E-state index is 13.1. The van der Waals surface area contributed by atoms with Crippen molar-refractivity contribution in [2.24, 2.45) is 0 Å². The zero-order valence-corrected chi connectivity index (χ0v) is 10.2. The number of hydrogen-bond acceptors (Lipinski definition) is 2. The third-order valence-corrected chi connectivity index (χ3v) is 2.44. The fourth-order valence-corrected chi connectivity index (χ4v) is 1.60. The van der Waals surface area contributed by atoms with Crippen LogP contribution in [0.2, 0.25) is 0 Å². The normalized spacial score (nSPS) is 10.1. The van der Waals surface area contributed by atoms with E-state index in [1.54, 1.807) is 6.07 Å². The first-order valence-electron chi connectivity index (χ1n) is 5.88. The molecule has 0 N–H and O–H groups in total. The van der Waals surface area contributed by atoms with E-state index in [0.717, 1.165) is 5.56 Å². The molecular weight excluding hydrogens is 231 g/mol. The highest BCUT2D eigenvalue weighted by molar-refractivity contribution is 5.40. The van der Waals surface area contributed by atoms with Crippen molar-refractivity contribution in [2.45, 2.75) is 13.5 Å². The first-order valence-corrected chi connectivity index (χ1v) is 5.88. The van der Waals surface area contributed by atoms with E-state index in [9.17, 15) is 4.39 Å². The van der Waals surface area contributed by atoms with Gasteiger partial charge in [-0.1, -0.05) is 30.3 Å². The van der Waals surface area contributed by atoms with Gasteiger partial charge < -0.3 is 9.47 Å². The topological polar surface area (TPSA) is 18.5 Å². The van der Waals surface area contributed by atoms with E-state index in [-0.39, 0.29) is 5.82 Å². The number of hydrogen-bond donors (Lipinski definition) is 0. The molecule has 18 heavy (non-hydrogen) atoms. The van der Waals surface area contributed by atoms with Crippen LogP contribution in [0.4, 0.5) is 4.39 Å². The lowest BCUT2D eigenvalue weighted by molar-refractivity contribution is 0.268. The third-order valence-electron chi connectivity index (χ3n) is 2.44. The van der Waals surface area contributed by atoms with Crippen molar-refractivity contribution in [3.8, 4) is 11.5 Å². The minimum atomic E-state index is -0.328. The highest BCUT2D eigenvalue weighted by Gasteiger charge is 2.06. The Hall–Kier alpha value is -2.03. The molecule has 0 spiro atoms. The summed E-state index contributed by atoms with van der Waals surface area (Å²) < 4.78 is 24.1. The molecule has 0 fully saturated rings. The van der Waals surface area contributed by atoms with Gasteiger partial charge in [0.05, 0.1) is 6.61 Å². The SMILES string of the molecule is CCOc1cc(F)ccc1OCc1ccccc1. The van der Waals surface area contributed by atoms with Gasteiger partial charge in [0.2, 0.25) is 0 Å². The number of benzene rings is 2. The smallest absolute Gasteiger partial charge is 0.164 e. The second-order valence-electron chi connectivity index (χ2n) is 3.80. The van der Waals surface area contributed by atoms with Gasteiger partial charge in [-0.15, -0.1) is 0 Å². The summed E-state index contributed by atoms with van der Waals surface area (Å²) in [5, 5.41) is 0. The van der Waals surface area contributed by atoms with Crippen LogP contribution in [0.5, 0.6) is 11.5 Å². The molecule has 0 atom stereocenters. The van der Waals surface area contributed by atoms with Crippen LogP contribution in [-0.4, -0.2) is 6.61 Å². The van der Waals surface area contributed by atoms with Gasteiger partial charge in [0.15, 0.2) is 11.5 Å². The summed E-state index contributed by atoms with van der Waals surface area (Å²) in [6.45, 7) is 2.77. The van der Waals surface area contributed by atoms with Crippen molar-refractivity contribution in [3.05, 3.63) is 59.9 Å². The Morgan fingerprint density at radius 2 is 1.72 bits per heavy atom. The first-order chi connectivity index (χ1) is 8.79. The lowest BCUT2D eigenvalue weighted by atomic mass is 10.2. The molecule has 0 saturated carbocycles. The number of ether oxygens (including phenoxy) is 2. The van der Waals surface area contributed by atoms with Gasteiger partial charge in [-0.25, -0.2) is 4.39 Å². The van der Waals surface area contributed by atoms with Crippen LogP contribution in [0.15, 0.2) is 48.5 Å². The van der Waals surface area contributed by atoms with Gasteiger partial charge >= 0.3 is 0 Å². The Morgan fingerprint density at radius 3 is 2.44 bits per heavy atom. The first kappa shape index (κ1) is 12.4. The predicted molar refractivity (Wildman–Crippen MR) is 68.3 cm³/mol. The molecule has 2 rings (SSSR count). The van der Waals surface area contributed by atoms with Crippen LogP contribution in [-0.2, 0) is 6.61 Å². The summed E-state index contributed by atoms with van der Waals surface area (Å²) in [4.78, 5) is 0. The Balaban J connectivity index is 2.09. The minimum Gasteiger partial charge on any atom is -0.490 e. The van der Waals surface area contributed by atoms with E-state index in [2.05, 4.69) is 0 Å². The average molecular weight is 246 g/mol. The van der Waals surface area contributed by atoms with Crippen molar-refractivity contribution < 1.29 is 13.9 Å². The molecular formula is C15H15FO2. The maximum Gasteiger partial charge on any atom is 0.164 e. The average Bonchev–Trinajstić information content (AvgIpc) is 2.39. The molecule has 0 bridgehead atoms. The van der Waals surface area contributed by atoms with Crippen LogP contribution >= 0.6 is 0 Å². The molecule has 0 radical (unpaired) electrons. The third kappa shape index (κ3) is 3.23. The second-order valence-corrected chi connectivity index (χ2v) is 3.80. The molecule has 2 aromatic carbocycles. The minimum absolute atomic E-state index is 0.328. The number of rotatable bonds is 5. The summed E-state index contributed by atoms with van der Waals surface area (Å²) in [6, 6.07) is 14.1. The Morgan fingerprint density at radius 1 is 0.944 bits per heavy atom. The molecule has 94 valence electrons. The highest BCUT2D eigenvalue weighted by Crippen LogP contribution is 2.28. The van der Waals surface area contributed by atoms with Crippen molar-refractivity contribution in [1.29, 1.82) is 0 Å². The van der Waals surface area contributed by atoms with Gasteiger partial charge in [-0.05, 0) is 24.6 Å². The van der Waals surface area contributed by atoms with E-state index in [4.69, 9.17) is 9.47 Å². The van der Waals surface area contributed by atoms with Gasteiger partial charge in [0.25, 0.3) is 0 Å². The van der Waals surface area contributed by atoms with Crippen LogP contribution in [0.3, 0.4) is 0 Å². The van der Waals surface area contributed by atoms with Crippen LogP contribution < -0.4 is 9.47 Å². The zero-order valence-electron chi connectivity index (χ0n) is 10.2. The summed E-state index contributed by atoms with van der Waals surface area (Å²) >= 11 is 0. The Kier molecular flexibility index (Phi) is 4.18. The Bertz CT molecular complexity index is 497. The highest BCUT2D eigenvalue weighted by atomic mass is 19.1. The molecule has 0 aliphatic carbocycles. The molecule has 0 saturated heterocycles. The monoisotopic (exact) mass is 246 g/mol. The van der Waals surface area contributed by atoms with Crippen molar-refractivity contribution >= 4 is 0 Å². The zero-order chi connectivity index (χ0) is 12.8. The van der Waals surface area contributed by atoms with Crippen molar-refractivity contribution in [3.63, 3.8) is 0 Å². The molecule has 0 aliphatic rings. The van der Waals surface area contributed by atoms with E-state index in [1.165, 1.54) is 12.1 Å². The largest absolute Gasteiger partial charge is 0.490 e. The predicted octanol–water partition coefficient (Wildman–Crippen LogP) is 3.80. The molecule has 3 heteroatoms. The molecule has 2 nitrogen and oxygen atoms in total. The fraction of sp³-hybridized carbons (Fsp3) is 0.200. The maximum absolute atomic E-state index is 13.1. The Labute approximate surface area is 106 Å². The molecule has 0 aromatic heterocycles. The fourth-order valence-electron chi connectivity index (χ4n) is 1.60. The van der Waals surface area contributed by atoms with Gasteiger partial charge in [-0.3, -0.25) is 0 Å². The summed E-state index contributed by atoms with van der Waals surface area (Å²) in [5.74, 6) is 0.668. The van der Waals surface area contributed by atoms with E-state index >= 15 is 0 Å². The molecule has 2 aromatic rings. The van der Waals surface area contributed by atoms with Crippen LogP contribution in [0.25, 0.3) is 0 Å². The number of halogens is 1. The standard InChI is InChI=1S/C15H15FO2/c1-2-17-15-10-13(16)8-9-14(15)18-11-12-6-4-3-5-7-12/h3-10H,2,11H2,1H3. The summed E-state index contributed by atoms with van der Waals surface area (Å²) in [5.41, 5.74) is 1.06. The molecule has 0 aliphatic heterocycles. The lowest BCUT2D eigenvalue weighted by Gasteiger charge is -2.11.